The van der Waals surface area contributed by atoms with Crippen LogP contribution in [0.1, 0.15) is 48.8 Å². The Labute approximate surface area is 169 Å². The predicted octanol–water partition coefficient (Wildman–Crippen LogP) is 2.86. The van der Waals surface area contributed by atoms with Crippen molar-refractivity contribution in [1.29, 1.82) is 0 Å². The highest BCUT2D eigenvalue weighted by atomic mass is 32.1. The van der Waals surface area contributed by atoms with Crippen molar-refractivity contribution in [3.05, 3.63) is 39.3 Å². The maximum atomic E-state index is 12.6. The zero-order valence-electron chi connectivity index (χ0n) is 17.1. The van der Waals surface area contributed by atoms with Gasteiger partial charge in [0.2, 0.25) is 0 Å². The molecule has 0 amide bonds. The third-order valence-electron chi connectivity index (χ3n) is 4.35. The molecule has 1 unspecified atom stereocenters. The molecule has 0 saturated heterocycles. The van der Waals surface area contributed by atoms with Crippen molar-refractivity contribution in [3.8, 4) is 0 Å². The van der Waals surface area contributed by atoms with Crippen LogP contribution in [0.4, 0.5) is 0 Å². The van der Waals surface area contributed by atoms with Gasteiger partial charge >= 0.3 is 5.97 Å². The largest absolute Gasteiger partial charge is 0.459 e. The van der Waals surface area contributed by atoms with Gasteiger partial charge in [0, 0.05) is 13.1 Å². The molecule has 28 heavy (non-hydrogen) atoms. The fraction of sp³-hybridized carbons (Fsp3) is 0.550. The topological polar surface area (TPSA) is 95.5 Å². The minimum atomic E-state index is -0.489. The second-order valence-electron chi connectivity index (χ2n) is 7.50. The van der Waals surface area contributed by atoms with Crippen molar-refractivity contribution in [3.63, 3.8) is 0 Å². The van der Waals surface area contributed by atoms with E-state index in [4.69, 9.17) is 4.74 Å². The molecular weight excluding hydrogens is 378 g/mol. The molecule has 2 N–H and O–H groups in total. The average Bonchev–Trinajstić information content (AvgIpc) is 2.91. The Bertz CT molecular complexity index is 901. The van der Waals surface area contributed by atoms with Crippen molar-refractivity contribution in [2.75, 3.05) is 13.1 Å². The normalized spacial score (nSPS) is 12.9. The van der Waals surface area contributed by atoms with E-state index in [-0.39, 0.29) is 17.6 Å². The molecule has 0 aliphatic heterocycles. The monoisotopic (exact) mass is 407 g/mol. The number of ether oxygens (including phenoxy) is 1. The van der Waals surface area contributed by atoms with E-state index in [9.17, 15) is 14.7 Å². The first-order valence-corrected chi connectivity index (χ1v) is 10.2. The van der Waals surface area contributed by atoms with Gasteiger partial charge in [0.1, 0.15) is 15.5 Å². The molecule has 0 saturated carbocycles. The number of aliphatic hydroxyl groups is 1. The molecule has 2 rings (SSSR count). The van der Waals surface area contributed by atoms with Gasteiger partial charge in [-0.3, -0.25) is 9.69 Å². The zero-order valence-corrected chi connectivity index (χ0v) is 17.9. The van der Waals surface area contributed by atoms with Crippen molar-refractivity contribution in [1.82, 2.24) is 14.9 Å². The SMILES string of the molecule is C=CCN(Cc1nc2sc(C(=O)OC(C)C)c(C)c2c(=O)[nH]1)CC(O)C(C)C. The molecule has 0 fully saturated rings. The third-order valence-corrected chi connectivity index (χ3v) is 5.52. The summed E-state index contributed by atoms with van der Waals surface area (Å²) in [5, 5.41) is 10.6. The molecule has 2 aromatic rings. The Hall–Kier alpha value is -2.03. The number of esters is 1. The fourth-order valence-electron chi connectivity index (χ4n) is 2.80. The minimum Gasteiger partial charge on any atom is -0.459 e. The van der Waals surface area contributed by atoms with Crippen LogP contribution in [-0.4, -0.2) is 51.2 Å². The van der Waals surface area contributed by atoms with Crippen molar-refractivity contribution >= 4 is 27.5 Å². The van der Waals surface area contributed by atoms with Crippen molar-refractivity contribution < 1.29 is 14.6 Å². The van der Waals surface area contributed by atoms with Crippen molar-refractivity contribution in [2.24, 2.45) is 5.92 Å². The number of fused-ring (bicyclic) bond motifs is 1. The van der Waals surface area contributed by atoms with Gasteiger partial charge in [0.15, 0.2) is 0 Å². The number of carbonyl (C=O) groups is 1. The lowest BCUT2D eigenvalue weighted by Gasteiger charge is -2.25. The summed E-state index contributed by atoms with van der Waals surface area (Å²) < 4.78 is 5.26. The van der Waals surface area contributed by atoms with Gasteiger partial charge in [0.05, 0.1) is 24.1 Å². The summed E-state index contributed by atoms with van der Waals surface area (Å²) >= 11 is 1.17. The van der Waals surface area contributed by atoms with E-state index in [0.717, 1.165) is 0 Å². The van der Waals surface area contributed by atoms with Gasteiger partial charge in [-0.1, -0.05) is 19.9 Å². The minimum absolute atomic E-state index is 0.122. The number of hydrogen-bond donors (Lipinski definition) is 2. The zero-order chi connectivity index (χ0) is 21.0. The second kappa shape index (κ2) is 9.45. The number of nitrogens with one attached hydrogen (secondary N) is 1. The summed E-state index contributed by atoms with van der Waals surface area (Å²) in [4.78, 5) is 35.1. The number of thiophene rings is 1. The number of aromatic nitrogens is 2. The van der Waals surface area contributed by atoms with Crippen LogP contribution in [0.15, 0.2) is 17.4 Å². The molecule has 0 radical (unpaired) electrons. The molecule has 2 aromatic heterocycles. The van der Waals surface area contributed by atoms with Crippen LogP contribution >= 0.6 is 11.3 Å². The predicted molar refractivity (Wildman–Crippen MR) is 112 cm³/mol. The maximum Gasteiger partial charge on any atom is 0.348 e. The first kappa shape index (κ1) is 22.3. The van der Waals surface area contributed by atoms with Crippen LogP contribution in [-0.2, 0) is 11.3 Å². The van der Waals surface area contributed by atoms with Crippen LogP contribution in [0.3, 0.4) is 0 Å². The van der Waals surface area contributed by atoms with Gasteiger partial charge in [-0.25, -0.2) is 9.78 Å². The molecule has 1 atom stereocenters. The van der Waals surface area contributed by atoms with E-state index >= 15 is 0 Å². The summed E-state index contributed by atoms with van der Waals surface area (Å²) in [5.41, 5.74) is 0.310. The van der Waals surface area contributed by atoms with E-state index in [1.165, 1.54) is 11.3 Å². The van der Waals surface area contributed by atoms with E-state index in [1.807, 2.05) is 18.7 Å². The Morgan fingerprint density at radius 3 is 2.64 bits per heavy atom. The first-order chi connectivity index (χ1) is 13.1. The number of aromatic amines is 1. The maximum absolute atomic E-state index is 12.6. The highest BCUT2D eigenvalue weighted by Crippen LogP contribution is 2.28. The molecule has 0 aliphatic rings. The summed E-state index contributed by atoms with van der Waals surface area (Å²) in [6.45, 7) is 14.3. The van der Waals surface area contributed by atoms with Crippen LogP contribution in [0.2, 0.25) is 0 Å². The highest BCUT2D eigenvalue weighted by Gasteiger charge is 2.22. The number of aryl methyl sites for hydroxylation is 1. The van der Waals surface area contributed by atoms with Gasteiger partial charge in [-0.05, 0) is 32.3 Å². The van der Waals surface area contributed by atoms with Crippen molar-refractivity contribution in [2.45, 2.75) is 53.4 Å². The van der Waals surface area contributed by atoms with E-state index in [1.54, 1.807) is 26.8 Å². The van der Waals surface area contributed by atoms with Crippen LogP contribution in [0, 0.1) is 12.8 Å². The number of carbonyl (C=O) groups excluding carboxylic acids is 1. The molecule has 0 bridgehead atoms. The number of hydrogen-bond acceptors (Lipinski definition) is 7. The highest BCUT2D eigenvalue weighted by molar-refractivity contribution is 7.20. The van der Waals surface area contributed by atoms with E-state index in [0.29, 0.717) is 46.1 Å². The first-order valence-electron chi connectivity index (χ1n) is 9.38. The molecule has 154 valence electrons. The molecule has 0 aromatic carbocycles. The lowest BCUT2D eigenvalue weighted by Crippen LogP contribution is -2.35. The number of rotatable bonds is 9. The fourth-order valence-corrected chi connectivity index (χ4v) is 3.88. The standard InChI is InChI=1S/C20H29N3O4S/c1-7-8-23(9-14(24)11(2)3)10-15-21-18(25)16-13(6)17(28-19(16)22-15)20(26)27-12(4)5/h7,11-12,14,24H,1,8-10H2,2-6H3,(H,21,22,25). The summed E-state index contributed by atoms with van der Waals surface area (Å²) in [7, 11) is 0. The van der Waals surface area contributed by atoms with Crippen LogP contribution in [0.25, 0.3) is 10.2 Å². The second-order valence-corrected chi connectivity index (χ2v) is 8.50. The molecule has 7 nitrogen and oxygen atoms in total. The summed E-state index contributed by atoms with van der Waals surface area (Å²) in [5.74, 6) is 0.168. The van der Waals surface area contributed by atoms with Crippen LogP contribution in [0.5, 0.6) is 0 Å². The Kier molecular flexibility index (Phi) is 7.51. The molecule has 8 heteroatoms. The summed E-state index contributed by atoms with van der Waals surface area (Å²) in [6, 6.07) is 0. The number of aliphatic hydroxyl groups excluding tert-OH is 1. The summed E-state index contributed by atoms with van der Waals surface area (Å²) in [6.07, 6.45) is 1.02. The molecule has 2 heterocycles. The van der Waals surface area contributed by atoms with Gasteiger partial charge in [-0.2, -0.15) is 0 Å². The van der Waals surface area contributed by atoms with Gasteiger partial charge in [-0.15, -0.1) is 17.9 Å². The smallest absolute Gasteiger partial charge is 0.348 e. The van der Waals surface area contributed by atoms with E-state index < -0.39 is 12.1 Å². The van der Waals surface area contributed by atoms with Gasteiger partial charge < -0.3 is 14.8 Å². The third kappa shape index (κ3) is 5.27. The Morgan fingerprint density at radius 2 is 2.07 bits per heavy atom. The molecular formula is C20H29N3O4S. The quantitative estimate of drug-likeness (QED) is 0.490. The number of H-pyrrole nitrogens is 1. The molecule has 0 spiro atoms. The Morgan fingerprint density at radius 1 is 1.39 bits per heavy atom. The molecule has 0 aliphatic carbocycles. The van der Waals surface area contributed by atoms with Crippen LogP contribution < -0.4 is 5.56 Å². The van der Waals surface area contributed by atoms with E-state index in [2.05, 4.69) is 16.5 Å². The lowest BCUT2D eigenvalue weighted by molar-refractivity contribution is 0.0383. The average molecular weight is 408 g/mol. The lowest BCUT2D eigenvalue weighted by atomic mass is 10.1. The number of nitrogens with zero attached hydrogens (tertiary/aromatic N) is 2. The Balaban J connectivity index is 2.35. The van der Waals surface area contributed by atoms with Gasteiger partial charge in [0.25, 0.3) is 5.56 Å².